The van der Waals surface area contributed by atoms with E-state index in [4.69, 9.17) is 0 Å². The van der Waals surface area contributed by atoms with Crippen LogP contribution in [0.15, 0.2) is 24.3 Å². The van der Waals surface area contributed by atoms with Crippen LogP contribution in [0.5, 0.6) is 0 Å². The molecule has 0 unspecified atom stereocenters. The van der Waals surface area contributed by atoms with E-state index >= 15 is 0 Å². The van der Waals surface area contributed by atoms with Gasteiger partial charge in [-0.05, 0) is 36.5 Å². The van der Waals surface area contributed by atoms with Crippen molar-refractivity contribution >= 4 is 5.69 Å². The Morgan fingerprint density at radius 2 is 2.26 bits per heavy atom. The minimum absolute atomic E-state index is 0.958. The third-order valence-corrected chi connectivity index (χ3v) is 3.92. The molecule has 1 aliphatic heterocycles. The van der Waals surface area contributed by atoms with Gasteiger partial charge in [0.15, 0.2) is 0 Å². The molecule has 0 fully saturated rings. The molecule has 2 aromatic rings. The highest BCUT2D eigenvalue weighted by molar-refractivity contribution is 5.60. The van der Waals surface area contributed by atoms with Crippen molar-refractivity contribution in [2.24, 2.45) is 7.05 Å². The van der Waals surface area contributed by atoms with Crippen molar-refractivity contribution in [2.75, 3.05) is 11.9 Å². The molecular weight excluding hydrogens is 234 g/mol. The molecule has 3 rings (SSSR count). The number of nitrogens with zero attached hydrogens (tertiary/aromatic N) is 2. The van der Waals surface area contributed by atoms with E-state index in [1.807, 2.05) is 11.7 Å². The Labute approximate surface area is 114 Å². The molecule has 0 saturated heterocycles. The Morgan fingerprint density at radius 1 is 1.37 bits per heavy atom. The molecule has 0 amide bonds. The summed E-state index contributed by atoms with van der Waals surface area (Å²) in [7, 11) is 2.04. The van der Waals surface area contributed by atoms with Gasteiger partial charge in [0.25, 0.3) is 0 Å². The summed E-state index contributed by atoms with van der Waals surface area (Å²) in [5, 5.41) is 8.10. The summed E-state index contributed by atoms with van der Waals surface area (Å²) in [6.07, 6.45) is 4.39. The van der Waals surface area contributed by atoms with E-state index in [1.54, 1.807) is 0 Å². The maximum Gasteiger partial charge on any atom is 0.0624 e. The number of anilines is 1. The Balaban J connectivity index is 1.92. The van der Waals surface area contributed by atoms with Gasteiger partial charge in [0, 0.05) is 31.4 Å². The van der Waals surface area contributed by atoms with Crippen LogP contribution in [-0.2, 0) is 26.3 Å². The normalized spacial score (nSPS) is 14.0. The summed E-state index contributed by atoms with van der Waals surface area (Å²) in [5.74, 6) is 0. The quantitative estimate of drug-likeness (QED) is 0.914. The van der Waals surface area contributed by atoms with Crippen LogP contribution in [0.2, 0.25) is 0 Å². The molecule has 19 heavy (non-hydrogen) atoms. The standard InChI is InChI=1S/C16H21N3/c1-3-14-11-15(19(2)18-14)10-13-7-4-6-12-8-5-9-17-16(12)13/h4,6-7,11,17H,3,5,8-10H2,1-2H3. The minimum Gasteiger partial charge on any atom is -0.385 e. The fourth-order valence-electron chi connectivity index (χ4n) is 2.83. The van der Waals surface area contributed by atoms with Gasteiger partial charge in [-0.1, -0.05) is 25.1 Å². The van der Waals surface area contributed by atoms with Crippen molar-refractivity contribution in [3.05, 3.63) is 46.8 Å². The first-order valence-corrected chi connectivity index (χ1v) is 7.14. The van der Waals surface area contributed by atoms with Gasteiger partial charge in [-0.25, -0.2) is 0 Å². The van der Waals surface area contributed by atoms with Gasteiger partial charge in [-0.3, -0.25) is 4.68 Å². The van der Waals surface area contributed by atoms with E-state index < -0.39 is 0 Å². The largest absolute Gasteiger partial charge is 0.385 e. The number of aryl methyl sites for hydroxylation is 3. The number of para-hydroxylation sites is 1. The third kappa shape index (κ3) is 2.37. The molecule has 0 spiro atoms. The van der Waals surface area contributed by atoms with E-state index in [0.29, 0.717) is 0 Å². The molecule has 2 heterocycles. The summed E-state index contributed by atoms with van der Waals surface area (Å²) in [6.45, 7) is 3.24. The highest BCUT2D eigenvalue weighted by atomic mass is 15.3. The zero-order valence-corrected chi connectivity index (χ0v) is 11.7. The topological polar surface area (TPSA) is 29.9 Å². The number of nitrogens with one attached hydrogen (secondary N) is 1. The van der Waals surface area contributed by atoms with E-state index in [1.165, 1.54) is 41.0 Å². The smallest absolute Gasteiger partial charge is 0.0624 e. The maximum absolute atomic E-state index is 4.53. The maximum atomic E-state index is 4.53. The van der Waals surface area contributed by atoms with Crippen molar-refractivity contribution in [1.82, 2.24) is 9.78 Å². The predicted molar refractivity (Wildman–Crippen MR) is 78.6 cm³/mol. The molecule has 1 N–H and O–H groups in total. The Hall–Kier alpha value is -1.77. The Morgan fingerprint density at radius 3 is 3.05 bits per heavy atom. The van der Waals surface area contributed by atoms with E-state index in [9.17, 15) is 0 Å². The van der Waals surface area contributed by atoms with Crippen molar-refractivity contribution in [3.63, 3.8) is 0 Å². The summed E-state index contributed by atoms with van der Waals surface area (Å²) in [5.41, 5.74) is 6.67. The molecule has 3 heteroatoms. The zero-order chi connectivity index (χ0) is 13.2. The number of aromatic nitrogens is 2. The molecule has 100 valence electrons. The molecule has 3 nitrogen and oxygen atoms in total. The average Bonchev–Trinajstić information content (AvgIpc) is 2.80. The van der Waals surface area contributed by atoms with Crippen LogP contribution >= 0.6 is 0 Å². The van der Waals surface area contributed by atoms with Gasteiger partial charge >= 0.3 is 0 Å². The van der Waals surface area contributed by atoms with Crippen LogP contribution in [0.1, 0.15) is 35.9 Å². The predicted octanol–water partition coefficient (Wildman–Crippen LogP) is 2.93. The second-order valence-corrected chi connectivity index (χ2v) is 5.26. The van der Waals surface area contributed by atoms with Crippen molar-refractivity contribution in [2.45, 2.75) is 32.6 Å². The number of benzene rings is 1. The lowest BCUT2D eigenvalue weighted by Gasteiger charge is -2.21. The zero-order valence-electron chi connectivity index (χ0n) is 11.7. The summed E-state index contributed by atoms with van der Waals surface area (Å²) < 4.78 is 2.01. The van der Waals surface area contributed by atoms with Gasteiger partial charge in [0.05, 0.1) is 5.69 Å². The first-order valence-electron chi connectivity index (χ1n) is 7.14. The number of hydrogen-bond donors (Lipinski definition) is 1. The van der Waals surface area contributed by atoms with Gasteiger partial charge in [-0.2, -0.15) is 5.10 Å². The monoisotopic (exact) mass is 255 g/mol. The molecule has 1 aromatic carbocycles. The van der Waals surface area contributed by atoms with Crippen molar-refractivity contribution in [3.8, 4) is 0 Å². The lowest BCUT2D eigenvalue weighted by molar-refractivity contribution is 0.709. The second kappa shape index (κ2) is 5.08. The molecule has 0 aliphatic carbocycles. The highest BCUT2D eigenvalue weighted by Crippen LogP contribution is 2.27. The summed E-state index contributed by atoms with van der Waals surface area (Å²) >= 11 is 0. The first-order chi connectivity index (χ1) is 9.28. The van der Waals surface area contributed by atoms with Crippen LogP contribution in [0.25, 0.3) is 0 Å². The van der Waals surface area contributed by atoms with E-state index in [-0.39, 0.29) is 0 Å². The van der Waals surface area contributed by atoms with Gasteiger partial charge in [0.1, 0.15) is 0 Å². The van der Waals surface area contributed by atoms with Crippen LogP contribution in [0, 0.1) is 0 Å². The van der Waals surface area contributed by atoms with Gasteiger partial charge in [0.2, 0.25) is 0 Å². The number of fused-ring (bicyclic) bond motifs is 1. The second-order valence-electron chi connectivity index (χ2n) is 5.26. The summed E-state index contributed by atoms with van der Waals surface area (Å²) in [4.78, 5) is 0. The Kier molecular flexibility index (Phi) is 3.28. The molecule has 0 atom stereocenters. The molecule has 0 saturated carbocycles. The third-order valence-electron chi connectivity index (χ3n) is 3.92. The van der Waals surface area contributed by atoms with Crippen molar-refractivity contribution < 1.29 is 0 Å². The van der Waals surface area contributed by atoms with Crippen LogP contribution in [0.3, 0.4) is 0 Å². The lowest BCUT2D eigenvalue weighted by atomic mass is 9.97. The molecule has 1 aliphatic rings. The summed E-state index contributed by atoms with van der Waals surface area (Å²) in [6, 6.07) is 8.88. The Bertz CT molecular complexity index is 584. The van der Waals surface area contributed by atoms with E-state index in [0.717, 1.165) is 19.4 Å². The highest BCUT2D eigenvalue weighted by Gasteiger charge is 2.14. The van der Waals surface area contributed by atoms with Crippen LogP contribution < -0.4 is 5.32 Å². The van der Waals surface area contributed by atoms with E-state index in [2.05, 4.69) is 41.6 Å². The minimum atomic E-state index is 0.958. The average molecular weight is 255 g/mol. The fraction of sp³-hybridized carbons (Fsp3) is 0.438. The SMILES string of the molecule is CCc1cc(Cc2cccc3c2NCCC3)n(C)n1. The molecular formula is C16H21N3. The fourth-order valence-corrected chi connectivity index (χ4v) is 2.83. The van der Waals surface area contributed by atoms with Crippen molar-refractivity contribution in [1.29, 1.82) is 0 Å². The number of rotatable bonds is 3. The van der Waals surface area contributed by atoms with Gasteiger partial charge < -0.3 is 5.32 Å². The molecule has 1 aromatic heterocycles. The molecule has 0 bridgehead atoms. The first kappa shape index (κ1) is 12.3. The molecule has 0 radical (unpaired) electrons. The van der Waals surface area contributed by atoms with Crippen LogP contribution in [0.4, 0.5) is 5.69 Å². The lowest BCUT2D eigenvalue weighted by Crippen LogP contribution is -2.14. The number of hydrogen-bond acceptors (Lipinski definition) is 2. The van der Waals surface area contributed by atoms with Gasteiger partial charge in [-0.15, -0.1) is 0 Å². The van der Waals surface area contributed by atoms with Crippen LogP contribution in [-0.4, -0.2) is 16.3 Å².